The van der Waals surface area contributed by atoms with E-state index in [0.717, 1.165) is 0 Å². The molecule has 52 heavy (non-hydrogen) atoms. The molecule has 3 unspecified atom stereocenters. The van der Waals surface area contributed by atoms with Gasteiger partial charge in [-0.15, -0.1) is 0 Å². The van der Waals surface area contributed by atoms with Crippen LogP contribution >= 0.6 is 0 Å². The van der Waals surface area contributed by atoms with Gasteiger partial charge in [0.2, 0.25) is 0 Å². The third-order valence-corrected chi connectivity index (χ3v) is 12.3. The summed E-state index contributed by atoms with van der Waals surface area (Å²) in [6.45, 7) is 11.1. The lowest BCUT2D eigenvalue weighted by Crippen LogP contribution is -2.47. The molecule has 20 heteroatoms. The van der Waals surface area contributed by atoms with E-state index in [9.17, 15) is 53.6 Å². The molecule has 2 N–H and O–H groups in total. The summed E-state index contributed by atoms with van der Waals surface area (Å²) in [5.74, 6) is -5.22. The molecule has 302 valence electrons. The number of alkyl halides is 4. The van der Waals surface area contributed by atoms with E-state index in [-0.39, 0.29) is 64.2 Å². The summed E-state index contributed by atoms with van der Waals surface area (Å²) >= 11 is 0. The zero-order valence-corrected chi connectivity index (χ0v) is 32.1. The van der Waals surface area contributed by atoms with Crippen molar-refractivity contribution in [2.45, 2.75) is 154 Å². The molecule has 2 fully saturated rings. The fourth-order valence-electron chi connectivity index (χ4n) is 6.33. The van der Waals surface area contributed by atoms with Gasteiger partial charge in [0.05, 0.1) is 22.7 Å². The molecule has 2 saturated carbocycles. The Labute approximate surface area is 301 Å². The Morgan fingerprint density at radius 2 is 1.00 bits per heavy atom. The summed E-state index contributed by atoms with van der Waals surface area (Å²) in [5.41, 5.74) is -4.55. The third-order valence-electron chi connectivity index (χ3n) is 10.3. The summed E-state index contributed by atoms with van der Waals surface area (Å²) in [6.07, 6.45) is -3.81. The first-order valence-electron chi connectivity index (χ1n) is 16.8. The summed E-state index contributed by atoms with van der Waals surface area (Å²) in [4.78, 5) is 52.1. The zero-order valence-electron chi connectivity index (χ0n) is 30.5. The van der Waals surface area contributed by atoms with E-state index in [1.54, 1.807) is 41.5 Å². The molecule has 2 aliphatic rings. The van der Waals surface area contributed by atoms with Crippen LogP contribution in [0.1, 0.15) is 120 Å². The average Bonchev–Trinajstić information content (AvgIpc) is 2.99. The van der Waals surface area contributed by atoms with E-state index in [2.05, 4.69) is 9.47 Å². The average molecular weight is 799 g/mol. The highest BCUT2D eigenvalue weighted by Gasteiger charge is 2.54. The molecule has 14 nitrogen and oxygen atoms in total. The van der Waals surface area contributed by atoms with Crippen LogP contribution in [0, 0.1) is 22.7 Å². The van der Waals surface area contributed by atoms with E-state index < -0.39 is 101 Å². The monoisotopic (exact) mass is 798 g/mol. The fraction of sp³-hybridized carbons (Fsp3) is 0.875. The van der Waals surface area contributed by atoms with Gasteiger partial charge in [0.25, 0.3) is 0 Å². The summed E-state index contributed by atoms with van der Waals surface area (Å²) < 4.78 is 138. The smallest absolute Gasteiger partial charge is 0.405 e. The third kappa shape index (κ3) is 10.5. The van der Waals surface area contributed by atoms with Crippen LogP contribution in [0.2, 0.25) is 0 Å². The lowest BCUT2D eigenvalue weighted by molar-refractivity contribution is -0.183. The van der Waals surface area contributed by atoms with Crippen molar-refractivity contribution >= 4 is 44.1 Å². The van der Waals surface area contributed by atoms with Crippen LogP contribution < -0.4 is 0 Å². The second kappa shape index (κ2) is 15.6. The predicted molar refractivity (Wildman–Crippen MR) is 174 cm³/mol. The van der Waals surface area contributed by atoms with Crippen molar-refractivity contribution in [3.05, 3.63) is 0 Å². The standard InChI is InChI=1S/C32H50F4O14S2/c1-9-28(6,26(40)50-30(8)16-12-22(13-17-30)24(38)48-20(3)32(35,36)52(44,45)46)18-27(4,5)25(39)49-29(7)14-10-21(11-15-29)23(37)47-19(2)31(33,34)51(41,42)43/h19-22H,9-18H2,1-8H3,(H,41,42,43)(H,44,45,46). The minimum Gasteiger partial charge on any atom is -0.459 e. The molecule has 0 heterocycles. The lowest BCUT2D eigenvalue weighted by Gasteiger charge is -2.42. The highest BCUT2D eigenvalue weighted by atomic mass is 32.2. The molecule has 0 aromatic rings. The van der Waals surface area contributed by atoms with Crippen LogP contribution in [0.15, 0.2) is 0 Å². The van der Waals surface area contributed by atoms with Crippen molar-refractivity contribution in [3.63, 3.8) is 0 Å². The molecular formula is C32H50F4O14S2. The predicted octanol–water partition coefficient (Wildman–Crippen LogP) is 5.63. The summed E-state index contributed by atoms with van der Waals surface area (Å²) in [5, 5.41) is -9.42. The van der Waals surface area contributed by atoms with Crippen LogP contribution in [-0.2, 0) is 58.4 Å². The van der Waals surface area contributed by atoms with Crippen molar-refractivity contribution < 1.29 is 81.6 Å². The molecule has 3 atom stereocenters. The Bertz CT molecular complexity index is 1560. The molecular weight excluding hydrogens is 748 g/mol. The first-order valence-corrected chi connectivity index (χ1v) is 19.7. The number of rotatable bonds is 15. The minimum atomic E-state index is -5.82. The maximum Gasteiger partial charge on any atom is 0.405 e. The van der Waals surface area contributed by atoms with Crippen LogP contribution in [0.5, 0.6) is 0 Å². The van der Waals surface area contributed by atoms with Gasteiger partial charge in [-0.25, -0.2) is 0 Å². The van der Waals surface area contributed by atoms with Crippen molar-refractivity contribution in [1.82, 2.24) is 0 Å². The van der Waals surface area contributed by atoms with Gasteiger partial charge in [-0.2, -0.15) is 34.4 Å². The number of hydrogen-bond acceptors (Lipinski definition) is 12. The van der Waals surface area contributed by atoms with Gasteiger partial charge in [0, 0.05) is 0 Å². The Hall–Kier alpha value is -2.58. The van der Waals surface area contributed by atoms with E-state index >= 15 is 0 Å². The number of carbonyl (C=O) groups excluding carboxylic acids is 4. The number of hydrogen-bond donors (Lipinski definition) is 2. The molecule has 2 rings (SSSR count). The molecule has 0 spiro atoms. The Balaban J connectivity index is 1.98. The SMILES string of the molecule is CCC(C)(CC(C)(C)C(=O)OC1(C)CCC(C(=O)OC(C)C(F)(F)S(=O)(=O)O)CC1)C(=O)OC1(C)CCC(C(=O)OC(C)C(F)(F)S(=O)(=O)O)CC1. The Morgan fingerprint density at radius 1 is 0.692 bits per heavy atom. The first-order chi connectivity index (χ1) is 23.3. The maximum absolute atomic E-state index is 13.8. The van der Waals surface area contributed by atoms with E-state index in [1.807, 2.05) is 0 Å². The van der Waals surface area contributed by atoms with Gasteiger partial charge in [0.1, 0.15) is 11.2 Å². The van der Waals surface area contributed by atoms with E-state index in [4.69, 9.17) is 18.6 Å². The molecule has 0 amide bonds. The highest BCUT2D eigenvalue weighted by molar-refractivity contribution is 7.87. The van der Waals surface area contributed by atoms with Crippen molar-refractivity contribution in [2.75, 3.05) is 0 Å². The van der Waals surface area contributed by atoms with Crippen molar-refractivity contribution in [3.8, 4) is 0 Å². The van der Waals surface area contributed by atoms with Gasteiger partial charge in [0.15, 0.2) is 12.2 Å². The lowest BCUT2D eigenvalue weighted by atomic mass is 9.71. The maximum atomic E-state index is 13.8. The van der Waals surface area contributed by atoms with E-state index in [1.165, 1.54) is 0 Å². The van der Waals surface area contributed by atoms with Crippen LogP contribution in [0.4, 0.5) is 17.6 Å². The van der Waals surface area contributed by atoms with Gasteiger partial charge in [-0.3, -0.25) is 28.3 Å². The van der Waals surface area contributed by atoms with Crippen LogP contribution in [0.3, 0.4) is 0 Å². The number of esters is 4. The minimum absolute atomic E-state index is 0.00996. The topological polar surface area (TPSA) is 214 Å². The zero-order chi connectivity index (χ0) is 40.5. The van der Waals surface area contributed by atoms with Gasteiger partial charge >= 0.3 is 54.6 Å². The quantitative estimate of drug-likeness (QED) is 0.0890. The molecule has 0 bridgehead atoms. The van der Waals surface area contributed by atoms with Gasteiger partial charge in [-0.1, -0.05) is 6.92 Å². The van der Waals surface area contributed by atoms with E-state index in [0.29, 0.717) is 13.8 Å². The van der Waals surface area contributed by atoms with Crippen molar-refractivity contribution in [1.29, 1.82) is 0 Å². The first kappa shape index (κ1) is 45.6. The van der Waals surface area contributed by atoms with Crippen LogP contribution in [-0.4, -0.2) is 83.7 Å². The molecule has 0 saturated heterocycles. The molecule has 0 aliphatic heterocycles. The normalized spacial score (nSPS) is 27.3. The second-order valence-corrected chi connectivity index (χ2v) is 18.4. The molecule has 0 aromatic heterocycles. The molecule has 0 radical (unpaired) electrons. The van der Waals surface area contributed by atoms with Gasteiger partial charge in [-0.05, 0) is 113 Å². The molecule has 2 aliphatic carbocycles. The van der Waals surface area contributed by atoms with Crippen LogP contribution in [0.25, 0.3) is 0 Å². The summed E-state index contributed by atoms with van der Waals surface area (Å²) in [7, 11) is -11.6. The highest BCUT2D eigenvalue weighted by Crippen LogP contribution is 2.44. The summed E-state index contributed by atoms with van der Waals surface area (Å²) in [6, 6.07) is 0. The largest absolute Gasteiger partial charge is 0.459 e. The fourth-order valence-corrected chi connectivity index (χ4v) is 7.26. The number of carbonyl (C=O) groups is 4. The van der Waals surface area contributed by atoms with Crippen molar-refractivity contribution in [2.24, 2.45) is 22.7 Å². The number of ether oxygens (including phenoxy) is 4. The second-order valence-electron chi connectivity index (χ2n) is 15.4. The van der Waals surface area contributed by atoms with Gasteiger partial charge < -0.3 is 18.9 Å². The Kier molecular flexibility index (Phi) is 13.7. The Morgan fingerprint density at radius 3 is 1.29 bits per heavy atom. The molecule has 0 aromatic carbocycles. The number of halogens is 4.